The molecule has 2 aromatic heterocycles. The number of hydrogen-bond donors (Lipinski definition) is 3. The highest BCUT2D eigenvalue weighted by atomic mass is 32.2. The molecule has 0 spiro atoms. The second kappa shape index (κ2) is 10.3. The first-order chi connectivity index (χ1) is 17.0. The van der Waals surface area contributed by atoms with E-state index in [0.717, 1.165) is 30.2 Å². The third kappa shape index (κ3) is 5.11. The Hall–Kier alpha value is -2.41. The van der Waals surface area contributed by atoms with Crippen molar-refractivity contribution in [1.29, 1.82) is 0 Å². The molecule has 188 valence electrons. The average molecular weight is 507 g/mol. The Kier molecular flexibility index (Phi) is 7.14. The van der Waals surface area contributed by atoms with E-state index in [0.29, 0.717) is 35.0 Å². The van der Waals surface area contributed by atoms with Crippen LogP contribution in [0.5, 0.6) is 0 Å². The van der Waals surface area contributed by atoms with Crippen LogP contribution in [0.15, 0.2) is 23.4 Å². The number of ether oxygens (including phenoxy) is 1. The van der Waals surface area contributed by atoms with Gasteiger partial charge in [-0.2, -0.15) is 0 Å². The molecule has 0 saturated heterocycles. The van der Waals surface area contributed by atoms with E-state index in [4.69, 9.17) is 14.8 Å². The maximum atomic E-state index is 13.7. The number of anilines is 1. The molecule has 2 heterocycles. The van der Waals surface area contributed by atoms with Gasteiger partial charge >= 0.3 is 0 Å². The lowest BCUT2D eigenvalue weighted by atomic mass is 10.1. The van der Waals surface area contributed by atoms with Crippen LogP contribution < -0.4 is 5.32 Å². The lowest BCUT2D eigenvalue weighted by Crippen LogP contribution is -2.23. The molecule has 5 rings (SSSR count). The van der Waals surface area contributed by atoms with E-state index in [9.17, 15) is 13.9 Å². The maximum absolute atomic E-state index is 13.7. The summed E-state index contributed by atoms with van der Waals surface area (Å²) in [5.74, 6) is -0.245. The second-order valence-corrected chi connectivity index (χ2v) is 10.1. The Balaban J connectivity index is 1.40. The number of nitrogens with one attached hydrogen (secondary N) is 1. The van der Waals surface area contributed by atoms with Gasteiger partial charge < -0.3 is 20.3 Å². The van der Waals surface area contributed by atoms with Crippen LogP contribution in [0, 0.1) is 11.6 Å². The summed E-state index contributed by atoms with van der Waals surface area (Å²) in [4.78, 5) is 9.39. The molecule has 2 aliphatic rings. The number of aliphatic hydroxyl groups is 2. The van der Waals surface area contributed by atoms with Crippen LogP contribution in [-0.4, -0.2) is 72.4 Å². The molecule has 0 bridgehead atoms. The monoisotopic (exact) mass is 506 g/mol. The number of benzene rings is 1. The van der Waals surface area contributed by atoms with Crippen LogP contribution in [0.2, 0.25) is 0 Å². The Labute approximate surface area is 205 Å². The Morgan fingerprint density at radius 1 is 1.20 bits per heavy atom. The third-order valence-electron chi connectivity index (χ3n) is 6.44. The Morgan fingerprint density at radius 2 is 2.06 bits per heavy atom. The number of halogens is 2. The van der Waals surface area contributed by atoms with Crippen molar-refractivity contribution in [2.24, 2.45) is 0 Å². The largest absolute Gasteiger partial charge is 0.394 e. The number of aliphatic hydroxyl groups excluding tert-OH is 2. The zero-order chi connectivity index (χ0) is 24.5. The fourth-order valence-corrected chi connectivity index (χ4v) is 5.28. The van der Waals surface area contributed by atoms with Crippen molar-refractivity contribution in [3.05, 3.63) is 35.4 Å². The highest BCUT2D eigenvalue weighted by Crippen LogP contribution is 2.44. The van der Waals surface area contributed by atoms with Gasteiger partial charge in [-0.1, -0.05) is 30.0 Å². The minimum Gasteiger partial charge on any atom is -0.394 e. The molecule has 0 amide bonds. The van der Waals surface area contributed by atoms with Crippen molar-refractivity contribution >= 4 is 28.7 Å². The SMILES string of the molecule is CCCSc1nc(NC2CC2c2ccc(F)c(F)c2)c2nnn(C3CC(O)C(OCCO)C3)c2n1. The lowest BCUT2D eigenvalue weighted by Gasteiger charge is -2.14. The van der Waals surface area contributed by atoms with E-state index >= 15 is 0 Å². The summed E-state index contributed by atoms with van der Waals surface area (Å²) in [5, 5.41) is 32.1. The zero-order valence-corrected chi connectivity index (χ0v) is 20.1. The number of hydrogen-bond acceptors (Lipinski definition) is 9. The molecular weight excluding hydrogens is 478 g/mol. The molecule has 0 radical (unpaired) electrons. The van der Waals surface area contributed by atoms with Crippen molar-refractivity contribution < 1.29 is 23.7 Å². The van der Waals surface area contributed by atoms with Crippen molar-refractivity contribution in [2.45, 2.75) is 68.0 Å². The minimum absolute atomic E-state index is 0.0108. The predicted molar refractivity (Wildman–Crippen MR) is 126 cm³/mol. The van der Waals surface area contributed by atoms with Gasteiger partial charge in [0.25, 0.3) is 0 Å². The molecule has 9 nitrogen and oxygen atoms in total. The predicted octanol–water partition coefficient (Wildman–Crippen LogP) is 3.04. The molecule has 3 N–H and O–H groups in total. The minimum atomic E-state index is -0.855. The molecule has 2 aliphatic carbocycles. The third-order valence-corrected chi connectivity index (χ3v) is 7.49. The standard InChI is InChI=1S/C23H28F2N6O3S/c1-2-7-35-23-27-21(26-17-11-14(17)12-3-4-15(24)16(25)8-12)20-22(28-23)31(30-29-20)13-9-18(33)19(10-13)34-6-5-32/h3-4,8,13-14,17-19,32-33H,2,5-7,9-11H2,1H3,(H,26,27,28). The number of aromatic nitrogens is 5. The van der Waals surface area contributed by atoms with Gasteiger partial charge in [-0.3, -0.25) is 0 Å². The van der Waals surface area contributed by atoms with Crippen molar-refractivity contribution in [1.82, 2.24) is 25.0 Å². The van der Waals surface area contributed by atoms with Gasteiger partial charge in [0.05, 0.1) is 31.5 Å². The van der Waals surface area contributed by atoms with Gasteiger partial charge in [0.1, 0.15) is 0 Å². The molecule has 5 atom stereocenters. The molecule has 35 heavy (non-hydrogen) atoms. The summed E-state index contributed by atoms with van der Waals surface area (Å²) in [7, 11) is 0. The first-order valence-electron chi connectivity index (χ1n) is 11.9. The summed E-state index contributed by atoms with van der Waals surface area (Å²) in [5.41, 5.74) is 1.84. The summed E-state index contributed by atoms with van der Waals surface area (Å²) < 4.78 is 34.3. The van der Waals surface area contributed by atoms with Gasteiger partial charge in [-0.25, -0.2) is 23.4 Å². The molecule has 1 aromatic carbocycles. The summed E-state index contributed by atoms with van der Waals surface area (Å²) in [6, 6.07) is 3.87. The van der Waals surface area contributed by atoms with Crippen LogP contribution in [-0.2, 0) is 4.74 Å². The van der Waals surface area contributed by atoms with E-state index in [2.05, 4.69) is 27.5 Å². The number of thioether (sulfide) groups is 1. The molecule has 0 aliphatic heterocycles. The first kappa shape index (κ1) is 24.3. The van der Waals surface area contributed by atoms with Crippen LogP contribution in [0.25, 0.3) is 11.2 Å². The topological polar surface area (TPSA) is 118 Å². The van der Waals surface area contributed by atoms with Crippen molar-refractivity contribution in [3.63, 3.8) is 0 Å². The van der Waals surface area contributed by atoms with Crippen molar-refractivity contribution in [2.75, 3.05) is 24.3 Å². The quantitative estimate of drug-likeness (QED) is 0.282. The van der Waals surface area contributed by atoms with Gasteiger partial charge in [-0.05, 0) is 43.4 Å². The Bertz CT molecular complexity index is 1200. The number of fused-ring (bicyclic) bond motifs is 1. The molecular formula is C23H28F2N6O3S. The fraction of sp³-hybridized carbons (Fsp3) is 0.565. The molecule has 3 aromatic rings. The lowest BCUT2D eigenvalue weighted by molar-refractivity contribution is -0.0303. The molecule has 2 saturated carbocycles. The average Bonchev–Trinajstić information content (AvgIpc) is 3.31. The van der Waals surface area contributed by atoms with Crippen molar-refractivity contribution in [3.8, 4) is 0 Å². The van der Waals surface area contributed by atoms with Crippen LogP contribution >= 0.6 is 11.8 Å². The van der Waals surface area contributed by atoms with Gasteiger partial charge in [0, 0.05) is 17.7 Å². The van der Waals surface area contributed by atoms with Crippen LogP contribution in [0.1, 0.15) is 50.1 Å². The highest BCUT2D eigenvalue weighted by Gasteiger charge is 2.40. The van der Waals surface area contributed by atoms with E-state index in [-0.39, 0.29) is 37.3 Å². The fourth-order valence-electron chi connectivity index (χ4n) is 4.59. The van der Waals surface area contributed by atoms with Gasteiger partial charge in [0.2, 0.25) is 0 Å². The second-order valence-electron chi connectivity index (χ2n) is 9.00. The normalized spacial score (nSPS) is 25.9. The summed E-state index contributed by atoms with van der Waals surface area (Å²) in [6.07, 6.45) is 1.65. The summed E-state index contributed by atoms with van der Waals surface area (Å²) in [6.45, 7) is 2.15. The number of rotatable bonds is 10. The zero-order valence-electron chi connectivity index (χ0n) is 19.3. The summed E-state index contributed by atoms with van der Waals surface area (Å²) >= 11 is 1.54. The molecule has 2 fully saturated rings. The first-order valence-corrected chi connectivity index (χ1v) is 12.8. The molecule has 12 heteroatoms. The molecule has 5 unspecified atom stereocenters. The van der Waals surface area contributed by atoms with Crippen LogP contribution in [0.3, 0.4) is 0 Å². The van der Waals surface area contributed by atoms with Crippen LogP contribution in [0.4, 0.5) is 14.6 Å². The van der Waals surface area contributed by atoms with Gasteiger partial charge in [0.15, 0.2) is 33.8 Å². The van der Waals surface area contributed by atoms with E-state index in [1.54, 1.807) is 22.5 Å². The van der Waals surface area contributed by atoms with E-state index < -0.39 is 17.7 Å². The van der Waals surface area contributed by atoms with Gasteiger partial charge in [-0.15, -0.1) is 5.10 Å². The van der Waals surface area contributed by atoms with E-state index in [1.165, 1.54) is 6.07 Å². The highest BCUT2D eigenvalue weighted by molar-refractivity contribution is 7.99. The smallest absolute Gasteiger partial charge is 0.191 e. The van der Waals surface area contributed by atoms with E-state index in [1.807, 2.05) is 0 Å². The maximum Gasteiger partial charge on any atom is 0.191 e. The Morgan fingerprint density at radius 3 is 2.83 bits per heavy atom. The number of nitrogens with zero attached hydrogens (tertiary/aromatic N) is 5.